The van der Waals surface area contributed by atoms with Crippen molar-refractivity contribution in [2.24, 2.45) is 0 Å². The molecule has 0 aliphatic heterocycles. The van der Waals surface area contributed by atoms with Gasteiger partial charge in [-0.25, -0.2) is 0 Å². The minimum atomic E-state index is 0.711. The number of benzene rings is 2. The van der Waals surface area contributed by atoms with Gasteiger partial charge in [0.25, 0.3) is 0 Å². The van der Waals surface area contributed by atoms with Crippen molar-refractivity contribution in [2.45, 2.75) is 13.3 Å². The van der Waals surface area contributed by atoms with E-state index in [2.05, 4.69) is 29.3 Å². The molecule has 6 heteroatoms. The highest BCUT2D eigenvalue weighted by Gasteiger charge is 2.16. The summed E-state index contributed by atoms with van der Waals surface area (Å²) in [7, 11) is 1.67. The molecule has 0 aliphatic rings. The second kappa shape index (κ2) is 6.05. The summed E-state index contributed by atoms with van der Waals surface area (Å²) in [4.78, 5) is 0.791. The molecule has 0 saturated carbocycles. The maximum absolute atomic E-state index is 5.44. The molecular weight excluding hydrogens is 320 g/mol. The van der Waals surface area contributed by atoms with Crippen LogP contribution >= 0.6 is 11.3 Å². The second-order valence-corrected chi connectivity index (χ2v) is 6.48. The first-order chi connectivity index (χ1) is 11.8. The number of ether oxygens (including phenoxy) is 1. The Hall–Kier alpha value is -2.73. The van der Waals surface area contributed by atoms with Gasteiger partial charge in [-0.15, -0.1) is 10.2 Å². The smallest absolute Gasteiger partial charge is 0.234 e. The average Bonchev–Trinajstić information content (AvgIpc) is 3.18. The van der Waals surface area contributed by atoms with Crippen LogP contribution < -0.4 is 4.74 Å². The third kappa shape index (κ3) is 2.55. The number of para-hydroxylation sites is 1. The third-order valence-corrected chi connectivity index (χ3v) is 4.93. The van der Waals surface area contributed by atoms with E-state index in [-0.39, 0.29) is 0 Å². The first-order valence-corrected chi connectivity index (χ1v) is 8.47. The van der Waals surface area contributed by atoms with Gasteiger partial charge in [-0.3, -0.25) is 0 Å². The fraction of sp³-hybridized carbons (Fsp3) is 0.167. The van der Waals surface area contributed by atoms with Crippen molar-refractivity contribution in [1.82, 2.24) is 19.8 Å². The molecule has 120 valence electrons. The molecular formula is C18H16N4OS. The Kier molecular flexibility index (Phi) is 3.74. The lowest BCUT2D eigenvalue weighted by molar-refractivity contribution is 0.416. The van der Waals surface area contributed by atoms with Crippen LogP contribution in [0, 0.1) is 6.92 Å². The summed E-state index contributed by atoms with van der Waals surface area (Å²) in [6.07, 6.45) is 0.711. The van der Waals surface area contributed by atoms with Crippen molar-refractivity contribution in [2.75, 3.05) is 7.11 Å². The highest BCUT2D eigenvalue weighted by molar-refractivity contribution is 7.19. The van der Waals surface area contributed by atoms with Gasteiger partial charge in [0.2, 0.25) is 4.96 Å². The monoisotopic (exact) mass is 336 g/mol. The lowest BCUT2D eigenvalue weighted by Crippen LogP contribution is -1.99. The predicted molar refractivity (Wildman–Crippen MR) is 94.6 cm³/mol. The van der Waals surface area contributed by atoms with Gasteiger partial charge in [0.05, 0.1) is 12.7 Å². The maximum atomic E-state index is 5.44. The standard InChI is InChI=1S/C18H16N4OS/c1-12-7-3-4-8-13(12)11-16-19-20-18-22(16)21-17(24-18)14-9-5-6-10-15(14)23-2/h3-10H,11H2,1-2H3. The minimum Gasteiger partial charge on any atom is -0.496 e. The van der Waals surface area contributed by atoms with Crippen LogP contribution in [-0.2, 0) is 6.42 Å². The van der Waals surface area contributed by atoms with E-state index in [1.807, 2.05) is 40.9 Å². The molecule has 4 aromatic rings. The maximum Gasteiger partial charge on any atom is 0.234 e. The summed E-state index contributed by atoms with van der Waals surface area (Å²) >= 11 is 1.51. The molecule has 0 bridgehead atoms. The normalized spacial score (nSPS) is 11.1. The second-order valence-electron chi connectivity index (χ2n) is 5.52. The molecule has 0 saturated heterocycles. The van der Waals surface area contributed by atoms with E-state index in [4.69, 9.17) is 9.84 Å². The number of hydrogen-bond donors (Lipinski definition) is 0. The molecule has 0 atom stereocenters. The van der Waals surface area contributed by atoms with Crippen LogP contribution in [0.3, 0.4) is 0 Å². The first kappa shape index (κ1) is 14.8. The number of aryl methyl sites for hydroxylation is 1. The number of nitrogens with zero attached hydrogens (tertiary/aromatic N) is 4. The largest absolute Gasteiger partial charge is 0.496 e. The molecule has 0 radical (unpaired) electrons. The van der Waals surface area contributed by atoms with Crippen LogP contribution in [-0.4, -0.2) is 26.9 Å². The molecule has 0 amide bonds. The van der Waals surface area contributed by atoms with Crippen LogP contribution in [0.15, 0.2) is 48.5 Å². The quantitative estimate of drug-likeness (QED) is 0.569. The van der Waals surface area contributed by atoms with Crippen molar-refractivity contribution in [3.8, 4) is 16.3 Å². The van der Waals surface area contributed by atoms with Crippen molar-refractivity contribution in [3.63, 3.8) is 0 Å². The van der Waals surface area contributed by atoms with E-state index in [0.29, 0.717) is 6.42 Å². The zero-order valence-electron chi connectivity index (χ0n) is 13.4. The third-order valence-electron chi connectivity index (χ3n) is 4.00. The molecule has 0 unspecified atom stereocenters. The van der Waals surface area contributed by atoms with Crippen LogP contribution in [0.4, 0.5) is 0 Å². The SMILES string of the molecule is COc1ccccc1-c1nn2c(Cc3ccccc3C)nnc2s1. The number of fused-ring (bicyclic) bond motifs is 1. The predicted octanol–water partition coefficient (Wildman–Crippen LogP) is 3.76. The van der Waals surface area contributed by atoms with Gasteiger partial charge in [-0.2, -0.15) is 9.61 Å². The highest BCUT2D eigenvalue weighted by atomic mass is 32.1. The van der Waals surface area contributed by atoms with Crippen molar-refractivity contribution >= 4 is 16.3 Å². The molecule has 0 fully saturated rings. The molecule has 4 rings (SSSR count). The van der Waals surface area contributed by atoms with E-state index < -0.39 is 0 Å². The highest BCUT2D eigenvalue weighted by Crippen LogP contribution is 2.32. The number of methoxy groups -OCH3 is 1. The minimum absolute atomic E-state index is 0.711. The number of rotatable bonds is 4. The van der Waals surface area contributed by atoms with Crippen LogP contribution in [0.5, 0.6) is 5.75 Å². The number of hydrogen-bond acceptors (Lipinski definition) is 5. The van der Waals surface area contributed by atoms with Crippen molar-refractivity contribution in [3.05, 3.63) is 65.5 Å². The Morgan fingerprint density at radius 2 is 1.83 bits per heavy atom. The van der Waals surface area contributed by atoms with Crippen LogP contribution in [0.25, 0.3) is 15.5 Å². The van der Waals surface area contributed by atoms with Gasteiger partial charge >= 0.3 is 0 Å². The van der Waals surface area contributed by atoms with E-state index in [0.717, 1.165) is 27.1 Å². The Morgan fingerprint density at radius 1 is 1.04 bits per heavy atom. The van der Waals surface area contributed by atoms with E-state index in [9.17, 15) is 0 Å². The van der Waals surface area contributed by atoms with Gasteiger partial charge in [0.15, 0.2) is 10.8 Å². The van der Waals surface area contributed by atoms with Gasteiger partial charge in [-0.05, 0) is 30.2 Å². The van der Waals surface area contributed by atoms with Crippen molar-refractivity contribution < 1.29 is 4.74 Å². The van der Waals surface area contributed by atoms with Crippen LogP contribution in [0.2, 0.25) is 0 Å². The fourth-order valence-corrected chi connectivity index (χ4v) is 3.56. The van der Waals surface area contributed by atoms with E-state index in [1.54, 1.807) is 7.11 Å². The number of aromatic nitrogens is 4. The summed E-state index contributed by atoms with van der Waals surface area (Å²) < 4.78 is 7.27. The lowest BCUT2D eigenvalue weighted by Gasteiger charge is -2.04. The Morgan fingerprint density at radius 3 is 2.67 bits per heavy atom. The first-order valence-electron chi connectivity index (χ1n) is 7.65. The van der Waals surface area contributed by atoms with Gasteiger partial charge < -0.3 is 4.74 Å². The van der Waals surface area contributed by atoms with Gasteiger partial charge in [-0.1, -0.05) is 47.7 Å². The Bertz CT molecular complexity index is 1010. The summed E-state index contributed by atoms with van der Waals surface area (Å²) in [5.74, 6) is 1.65. The zero-order valence-corrected chi connectivity index (χ0v) is 14.2. The average molecular weight is 336 g/mol. The van der Waals surface area contributed by atoms with Gasteiger partial charge in [0, 0.05) is 6.42 Å². The summed E-state index contributed by atoms with van der Waals surface area (Å²) in [5, 5.41) is 14.2. The van der Waals surface area contributed by atoms with E-state index in [1.165, 1.54) is 22.5 Å². The molecule has 24 heavy (non-hydrogen) atoms. The topological polar surface area (TPSA) is 52.3 Å². The summed E-state index contributed by atoms with van der Waals surface area (Å²) in [6.45, 7) is 2.11. The molecule has 2 aromatic heterocycles. The Balaban J connectivity index is 1.75. The molecule has 0 aliphatic carbocycles. The molecule has 2 heterocycles. The molecule has 2 aromatic carbocycles. The van der Waals surface area contributed by atoms with Gasteiger partial charge in [0.1, 0.15) is 5.75 Å². The molecule has 0 N–H and O–H groups in total. The van der Waals surface area contributed by atoms with Crippen LogP contribution in [0.1, 0.15) is 17.0 Å². The summed E-state index contributed by atoms with van der Waals surface area (Å²) in [5.41, 5.74) is 3.45. The Labute approximate surface area is 143 Å². The summed E-state index contributed by atoms with van der Waals surface area (Å²) in [6, 6.07) is 16.2. The lowest BCUT2D eigenvalue weighted by atomic mass is 10.1. The van der Waals surface area contributed by atoms with Crippen molar-refractivity contribution in [1.29, 1.82) is 0 Å². The fourth-order valence-electron chi connectivity index (χ4n) is 2.68. The zero-order chi connectivity index (χ0) is 16.5. The molecule has 0 spiro atoms. The molecule has 5 nitrogen and oxygen atoms in total. The van der Waals surface area contributed by atoms with E-state index >= 15 is 0 Å².